The zero-order chi connectivity index (χ0) is 19.1. The van der Waals surface area contributed by atoms with Crippen LogP contribution in [0.25, 0.3) is 22.2 Å². The minimum Gasteiger partial charge on any atom is -0.442 e. The Morgan fingerprint density at radius 2 is 2.00 bits per heavy atom. The molecule has 0 amide bonds. The van der Waals surface area contributed by atoms with E-state index in [1.54, 1.807) is 39.0 Å². The molecule has 0 radical (unpaired) electrons. The van der Waals surface area contributed by atoms with Crippen LogP contribution in [-0.4, -0.2) is 31.4 Å². The van der Waals surface area contributed by atoms with Crippen molar-refractivity contribution in [3.8, 4) is 17.3 Å². The summed E-state index contributed by atoms with van der Waals surface area (Å²) in [4.78, 5) is 20.2. The lowest BCUT2D eigenvalue weighted by Gasteiger charge is -2.19. The average Bonchev–Trinajstić information content (AvgIpc) is 2.95. The highest BCUT2D eigenvalue weighted by atomic mass is 16.6. The molecule has 0 saturated heterocycles. The Labute approximate surface area is 149 Å². The largest absolute Gasteiger partial charge is 0.442 e. The van der Waals surface area contributed by atoms with Crippen LogP contribution in [0.4, 0.5) is 16.6 Å². The summed E-state index contributed by atoms with van der Waals surface area (Å²) in [5.74, 6) is -0.0133. The molecule has 2 heterocycles. The maximum Gasteiger partial charge on any atom is 0.435 e. The van der Waals surface area contributed by atoms with E-state index in [9.17, 15) is 10.1 Å². The van der Waals surface area contributed by atoms with E-state index in [0.29, 0.717) is 22.2 Å². The molecule has 1 aromatic carbocycles. The molecule has 9 heteroatoms. The second-order valence-corrected chi connectivity index (χ2v) is 6.61. The fourth-order valence-corrected chi connectivity index (χ4v) is 2.45. The van der Waals surface area contributed by atoms with E-state index in [0.717, 1.165) is 0 Å². The number of carbonyl (C=O) groups excluding carboxylic acids is 1. The maximum atomic E-state index is 12.3. The van der Waals surface area contributed by atoms with Crippen LogP contribution in [0.3, 0.4) is 0 Å². The highest BCUT2D eigenvalue weighted by Gasteiger charge is 2.21. The van der Waals surface area contributed by atoms with Crippen molar-refractivity contribution in [1.82, 2.24) is 19.7 Å². The summed E-state index contributed by atoms with van der Waals surface area (Å²) in [5.41, 5.74) is 12.4. The molecule has 0 aliphatic carbocycles. The molecule has 3 aromatic rings. The van der Waals surface area contributed by atoms with Gasteiger partial charge in [-0.15, -0.1) is 0 Å². The Hall–Kier alpha value is -3.67. The summed E-state index contributed by atoms with van der Waals surface area (Å²) in [6.07, 6.45) is 0.955. The van der Waals surface area contributed by atoms with E-state index in [-0.39, 0.29) is 17.3 Å². The van der Waals surface area contributed by atoms with E-state index in [1.807, 2.05) is 6.07 Å². The monoisotopic (exact) mass is 351 g/mol. The minimum atomic E-state index is -0.632. The molecule has 26 heavy (non-hydrogen) atoms. The number of nitriles is 1. The summed E-state index contributed by atoms with van der Waals surface area (Å²) < 4.78 is 6.52. The van der Waals surface area contributed by atoms with Crippen molar-refractivity contribution in [2.45, 2.75) is 26.4 Å². The van der Waals surface area contributed by atoms with Crippen LogP contribution in [0.2, 0.25) is 0 Å². The number of hydrogen-bond donors (Lipinski definition) is 2. The first-order valence-electron chi connectivity index (χ1n) is 7.74. The smallest absolute Gasteiger partial charge is 0.435 e. The number of ether oxygens (including phenoxy) is 1. The number of anilines is 2. The molecule has 9 nitrogen and oxygen atoms in total. The molecular formula is C17H17N7O2. The molecule has 0 fully saturated rings. The lowest BCUT2D eigenvalue weighted by Crippen LogP contribution is -2.27. The van der Waals surface area contributed by atoms with Gasteiger partial charge in [0.05, 0.1) is 17.4 Å². The standard InChI is InChI=1S/C17H17N7O2/c1-17(2,3)26-16(25)24-12-5-4-9(6-10(12)8-21-24)13-11(7-18)14(19)23-15(20)22-13/h4-6,8H,1-3H3,(H4,19,20,22,23). The molecule has 0 aliphatic heterocycles. The van der Waals surface area contributed by atoms with Gasteiger partial charge in [-0.05, 0) is 32.9 Å². The zero-order valence-corrected chi connectivity index (χ0v) is 14.5. The molecule has 0 spiro atoms. The van der Waals surface area contributed by atoms with Crippen LogP contribution < -0.4 is 11.5 Å². The number of carbonyl (C=O) groups is 1. The number of nitrogens with two attached hydrogens (primary N) is 2. The van der Waals surface area contributed by atoms with Gasteiger partial charge in [0.15, 0.2) is 0 Å². The van der Waals surface area contributed by atoms with Gasteiger partial charge in [-0.3, -0.25) is 0 Å². The molecule has 2 aromatic heterocycles. The maximum absolute atomic E-state index is 12.3. The Balaban J connectivity index is 2.08. The summed E-state index contributed by atoms with van der Waals surface area (Å²) in [6.45, 7) is 5.34. The van der Waals surface area contributed by atoms with Crippen molar-refractivity contribution in [3.63, 3.8) is 0 Å². The van der Waals surface area contributed by atoms with E-state index < -0.39 is 11.7 Å². The van der Waals surface area contributed by atoms with Crippen LogP contribution in [0.15, 0.2) is 24.4 Å². The molecule has 4 N–H and O–H groups in total. The van der Waals surface area contributed by atoms with Crippen LogP contribution >= 0.6 is 0 Å². The first-order valence-corrected chi connectivity index (χ1v) is 7.74. The van der Waals surface area contributed by atoms with Gasteiger partial charge in [-0.2, -0.15) is 20.0 Å². The molecule has 0 unspecified atom stereocenters. The fourth-order valence-electron chi connectivity index (χ4n) is 2.45. The number of nitrogens with zero attached hydrogens (tertiary/aromatic N) is 5. The topological polar surface area (TPSA) is 146 Å². The van der Waals surface area contributed by atoms with Crippen LogP contribution in [0.5, 0.6) is 0 Å². The van der Waals surface area contributed by atoms with Gasteiger partial charge in [0, 0.05) is 10.9 Å². The first kappa shape index (κ1) is 17.2. The summed E-state index contributed by atoms with van der Waals surface area (Å²) in [6, 6.07) is 7.12. The van der Waals surface area contributed by atoms with E-state index in [2.05, 4.69) is 15.1 Å². The van der Waals surface area contributed by atoms with Crippen LogP contribution in [-0.2, 0) is 4.74 Å². The summed E-state index contributed by atoms with van der Waals surface area (Å²) in [7, 11) is 0. The third-order valence-electron chi connectivity index (χ3n) is 3.47. The quantitative estimate of drug-likeness (QED) is 0.679. The van der Waals surface area contributed by atoms with Crippen molar-refractivity contribution in [2.75, 3.05) is 11.5 Å². The third-order valence-corrected chi connectivity index (χ3v) is 3.47. The van der Waals surface area contributed by atoms with Gasteiger partial charge in [0.2, 0.25) is 5.95 Å². The lowest BCUT2D eigenvalue weighted by molar-refractivity contribution is 0.0522. The van der Waals surface area contributed by atoms with Gasteiger partial charge in [-0.25, -0.2) is 9.78 Å². The second-order valence-electron chi connectivity index (χ2n) is 6.61. The SMILES string of the molecule is CC(C)(C)OC(=O)n1ncc2cc(-c3nc(N)nc(N)c3C#N)ccc21. The number of nitrogen functional groups attached to an aromatic ring is 2. The van der Waals surface area contributed by atoms with E-state index in [4.69, 9.17) is 16.2 Å². The molecule has 132 valence electrons. The molecule has 0 atom stereocenters. The molecule has 0 bridgehead atoms. The Bertz CT molecular complexity index is 1060. The van der Waals surface area contributed by atoms with Crippen LogP contribution in [0, 0.1) is 11.3 Å². The molecule has 3 rings (SSSR count). The highest BCUT2D eigenvalue weighted by molar-refractivity contribution is 5.91. The first-order chi connectivity index (χ1) is 12.2. The van der Waals surface area contributed by atoms with Crippen molar-refractivity contribution >= 4 is 28.8 Å². The van der Waals surface area contributed by atoms with Gasteiger partial charge in [0.1, 0.15) is 23.1 Å². The van der Waals surface area contributed by atoms with Crippen LogP contribution in [0.1, 0.15) is 26.3 Å². The van der Waals surface area contributed by atoms with Crippen molar-refractivity contribution in [1.29, 1.82) is 5.26 Å². The summed E-state index contributed by atoms with van der Waals surface area (Å²) in [5, 5.41) is 14.1. The highest BCUT2D eigenvalue weighted by Crippen LogP contribution is 2.28. The Morgan fingerprint density at radius 1 is 1.27 bits per heavy atom. The lowest BCUT2D eigenvalue weighted by atomic mass is 10.1. The molecule has 0 aliphatic rings. The average molecular weight is 351 g/mol. The van der Waals surface area contributed by atoms with Crippen molar-refractivity contribution in [3.05, 3.63) is 30.0 Å². The Kier molecular flexibility index (Phi) is 3.96. The zero-order valence-electron chi connectivity index (χ0n) is 14.5. The second kappa shape index (κ2) is 6.00. The predicted molar refractivity (Wildman–Crippen MR) is 95.9 cm³/mol. The number of aromatic nitrogens is 4. The number of hydrogen-bond acceptors (Lipinski definition) is 8. The molecular weight excluding hydrogens is 334 g/mol. The van der Waals surface area contributed by atoms with E-state index in [1.165, 1.54) is 10.9 Å². The normalized spacial score (nSPS) is 11.3. The third kappa shape index (κ3) is 3.12. The van der Waals surface area contributed by atoms with Gasteiger partial charge < -0.3 is 16.2 Å². The van der Waals surface area contributed by atoms with Gasteiger partial charge >= 0.3 is 6.09 Å². The minimum absolute atomic E-state index is 0.0135. The van der Waals surface area contributed by atoms with Gasteiger partial charge in [-0.1, -0.05) is 6.07 Å². The van der Waals surface area contributed by atoms with Crippen molar-refractivity contribution < 1.29 is 9.53 Å². The molecule has 0 saturated carbocycles. The van der Waals surface area contributed by atoms with E-state index >= 15 is 0 Å². The number of fused-ring (bicyclic) bond motifs is 1. The predicted octanol–water partition coefficient (Wildman–Crippen LogP) is 2.31. The fraction of sp³-hybridized carbons (Fsp3) is 0.235. The van der Waals surface area contributed by atoms with Gasteiger partial charge in [0.25, 0.3) is 0 Å². The summed E-state index contributed by atoms with van der Waals surface area (Å²) >= 11 is 0. The number of benzene rings is 1. The Morgan fingerprint density at radius 3 is 2.65 bits per heavy atom. The van der Waals surface area contributed by atoms with Crippen molar-refractivity contribution in [2.24, 2.45) is 0 Å². The number of rotatable bonds is 1.